The highest BCUT2D eigenvalue weighted by molar-refractivity contribution is 6.31. The van der Waals surface area contributed by atoms with Crippen molar-refractivity contribution in [3.8, 4) is 0 Å². The summed E-state index contributed by atoms with van der Waals surface area (Å²) in [5.41, 5.74) is 6.65. The Morgan fingerprint density at radius 1 is 1.42 bits per heavy atom. The molecule has 0 aliphatic carbocycles. The first-order valence-electron chi connectivity index (χ1n) is 6.75. The molecule has 0 radical (unpaired) electrons. The van der Waals surface area contributed by atoms with Gasteiger partial charge in [0.15, 0.2) is 0 Å². The van der Waals surface area contributed by atoms with Crippen molar-refractivity contribution in [3.05, 3.63) is 34.3 Å². The first-order chi connectivity index (χ1) is 8.93. The van der Waals surface area contributed by atoms with Crippen LogP contribution in [-0.2, 0) is 6.54 Å². The highest BCUT2D eigenvalue weighted by Crippen LogP contribution is 2.18. The maximum atomic E-state index is 11.0. The zero-order chi connectivity index (χ0) is 14.4. The Hall–Kier alpha value is -1.06. The lowest BCUT2D eigenvalue weighted by atomic mass is 10.0. The molecule has 1 aromatic rings. The molecule has 0 heterocycles. The van der Waals surface area contributed by atoms with Crippen molar-refractivity contribution < 1.29 is 4.79 Å². The van der Waals surface area contributed by atoms with Gasteiger partial charge >= 0.3 is 0 Å². The molecule has 0 aliphatic heterocycles. The van der Waals surface area contributed by atoms with E-state index in [1.54, 1.807) is 12.1 Å². The number of carbonyl (C=O) groups is 1. The van der Waals surface area contributed by atoms with Gasteiger partial charge in [0, 0.05) is 23.2 Å². The minimum Gasteiger partial charge on any atom is -0.366 e. The molecule has 2 atom stereocenters. The second-order valence-corrected chi connectivity index (χ2v) is 5.61. The molecule has 0 saturated heterocycles. The Bertz CT molecular complexity index is 434. The minimum atomic E-state index is -0.452. The van der Waals surface area contributed by atoms with Crippen LogP contribution in [0.25, 0.3) is 0 Å². The smallest absolute Gasteiger partial charge is 0.248 e. The van der Waals surface area contributed by atoms with Gasteiger partial charge in [0.2, 0.25) is 5.91 Å². The van der Waals surface area contributed by atoms with E-state index in [0.29, 0.717) is 23.2 Å². The first-order valence-corrected chi connectivity index (χ1v) is 7.13. The van der Waals surface area contributed by atoms with E-state index in [2.05, 4.69) is 26.1 Å². The molecule has 19 heavy (non-hydrogen) atoms. The molecule has 1 aromatic carbocycles. The average molecular weight is 283 g/mol. The standard InChI is InChI=1S/C15H23ClN2O/c1-4-10(2)7-11(3)18-9-13-6-5-12(15(17)19)8-14(13)16/h5-6,8,10-11,18H,4,7,9H2,1-3H3,(H2,17,19). The maximum absolute atomic E-state index is 11.0. The van der Waals surface area contributed by atoms with Crippen LogP contribution < -0.4 is 11.1 Å². The third kappa shape index (κ3) is 5.21. The van der Waals surface area contributed by atoms with Crippen LogP contribution in [0.5, 0.6) is 0 Å². The fourth-order valence-corrected chi connectivity index (χ4v) is 2.23. The normalized spacial score (nSPS) is 14.1. The van der Waals surface area contributed by atoms with E-state index in [4.69, 9.17) is 17.3 Å². The summed E-state index contributed by atoms with van der Waals surface area (Å²) in [7, 11) is 0. The Morgan fingerprint density at radius 3 is 2.63 bits per heavy atom. The van der Waals surface area contributed by atoms with E-state index >= 15 is 0 Å². The van der Waals surface area contributed by atoms with E-state index in [-0.39, 0.29) is 0 Å². The van der Waals surface area contributed by atoms with Crippen LogP contribution in [0.3, 0.4) is 0 Å². The highest BCUT2D eigenvalue weighted by atomic mass is 35.5. The summed E-state index contributed by atoms with van der Waals surface area (Å²) in [6, 6.07) is 5.64. The molecule has 0 spiro atoms. The molecular weight excluding hydrogens is 260 g/mol. The summed E-state index contributed by atoms with van der Waals surface area (Å²) in [6.07, 6.45) is 2.34. The van der Waals surface area contributed by atoms with Gasteiger partial charge in [0.1, 0.15) is 0 Å². The van der Waals surface area contributed by atoms with Crippen molar-refractivity contribution in [1.29, 1.82) is 0 Å². The van der Waals surface area contributed by atoms with Crippen molar-refractivity contribution >= 4 is 17.5 Å². The van der Waals surface area contributed by atoms with Crippen LogP contribution in [0.15, 0.2) is 18.2 Å². The molecule has 0 aliphatic rings. The maximum Gasteiger partial charge on any atom is 0.248 e. The Balaban J connectivity index is 2.56. The lowest BCUT2D eigenvalue weighted by Gasteiger charge is -2.18. The van der Waals surface area contributed by atoms with Crippen molar-refractivity contribution in [3.63, 3.8) is 0 Å². The lowest BCUT2D eigenvalue weighted by molar-refractivity contribution is 0.100. The minimum absolute atomic E-state index is 0.446. The first kappa shape index (κ1) is 16.0. The zero-order valence-electron chi connectivity index (χ0n) is 11.9. The molecule has 0 saturated carbocycles. The number of primary amides is 1. The number of carbonyl (C=O) groups excluding carboxylic acids is 1. The fraction of sp³-hybridized carbons (Fsp3) is 0.533. The number of nitrogens with two attached hydrogens (primary N) is 1. The van der Waals surface area contributed by atoms with Crippen LogP contribution in [0.2, 0.25) is 5.02 Å². The lowest BCUT2D eigenvalue weighted by Crippen LogP contribution is -2.27. The molecule has 0 bridgehead atoms. The van der Waals surface area contributed by atoms with Crippen molar-refractivity contribution in [2.45, 2.75) is 46.2 Å². The topological polar surface area (TPSA) is 55.1 Å². The second kappa shape index (κ2) is 7.51. The monoisotopic (exact) mass is 282 g/mol. The van der Waals surface area contributed by atoms with Gasteiger partial charge in [-0.2, -0.15) is 0 Å². The summed E-state index contributed by atoms with van der Waals surface area (Å²) < 4.78 is 0. The number of benzene rings is 1. The SMILES string of the molecule is CCC(C)CC(C)NCc1ccc(C(N)=O)cc1Cl. The molecule has 3 N–H and O–H groups in total. The van der Waals surface area contributed by atoms with Crippen LogP contribution in [-0.4, -0.2) is 11.9 Å². The summed E-state index contributed by atoms with van der Waals surface area (Å²) >= 11 is 6.14. The molecular formula is C15H23ClN2O. The molecule has 4 heteroatoms. The third-order valence-corrected chi connectivity index (χ3v) is 3.78. The predicted octanol–water partition coefficient (Wildman–Crippen LogP) is 3.35. The van der Waals surface area contributed by atoms with Crippen molar-refractivity contribution in [2.24, 2.45) is 11.7 Å². The number of nitrogens with one attached hydrogen (secondary N) is 1. The van der Waals surface area contributed by atoms with Gasteiger partial charge in [-0.3, -0.25) is 4.79 Å². The van der Waals surface area contributed by atoms with Gasteiger partial charge in [-0.1, -0.05) is 37.9 Å². The van der Waals surface area contributed by atoms with Crippen LogP contribution in [0.1, 0.15) is 49.5 Å². The molecule has 3 nitrogen and oxygen atoms in total. The number of hydrogen-bond donors (Lipinski definition) is 2. The van der Waals surface area contributed by atoms with Crippen molar-refractivity contribution in [2.75, 3.05) is 0 Å². The van der Waals surface area contributed by atoms with E-state index in [1.807, 2.05) is 6.07 Å². The Labute approximate surface area is 120 Å². The Kier molecular flexibility index (Phi) is 6.32. The fourth-order valence-electron chi connectivity index (χ4n) is 1.98. The molecule has 1 amide bonds. The molecule has 106 valence electrons. The number of amides is 1. The van der Waals surface area contributed by atoms with Crippen molar-refractivity contribution in [1.82, 2.24) is 5.32 Å². The van der Waals surface area contributed by atoms with E-state index in [1.165, 1.54) is 6.42 Å². The second-order valence-electron chi connectivity index (χ2n) is 5.20. The largest absolute Gasteiger partial charge is 0.366 e. The molecule has 1 rings (SSSR count). The van der Waals surface area contributed by atoms with Crippen LogP contribution in [0.4, 0.5) is 0 Å². The summed E-state index contributed by atoms with van der Waals surface area (Å²) in [5, 5.41) is 4.04. The molecule has 0 fully saturated rings. The summed E-state index contributed by atoms with van der Waals surface area (Å²) in [5.74, 6) is 0.266. The number of halogens is 1. The van der Waals surface area contributed by atoms with Crippen LogP contribution in [0, 0.1) is 5.92 Å². The number of rotatable bonds is 7. The van der Waals surface area contributed by atoms with Gasteiger partial charge in [-0.25, -0.2) is 0 Å². The highest BCUT2D eigenvalue weighted by Gasteiger charge is 2.09. The Morgan fingerprint density at radius 2 is 2.11 bits per heavy atom. The van der Waals surface area contributed by atoms with Gasteiger partial charge in [0.05, 0.1) is 0 Å². The van der Waals surface area contributed by atoms with Crippen LogP contribution >= 0.6 is 11.6 Å². The van der Waals surface area contributed by atoms with E-state index in [9.17, 15) is 4.79 Å². The summed E-state index contributed by atoms with van der Waals surface area (Å²) in [6.45, 7) is 7.34. The average Bonchev–Trinajstić information content (AvgIpc) is 2.36. The summed E-state index contributed by atoms with van der Waals surface area (Å²) in [4.78, 5) is 11.0. The molecule has 2 unspecified atom stereocenters. The zero-order valence-corrected chi connectivity index (χ0v) is 12.6. The number of hydrogen-bond acceptors (Lipinski definition) is 2. The van der Waals surface area contributed by atoms with Gasteiger partial charge in [0.25, 0.3) is 0 Å². The van der Waals surface area contributed by atoms with E-state index < -0.39 is 5.91 Å². The molecule has 0 aromatic heterocycles. The predicted molar refractivity (Wildman–Crippen MR) is 80.3 cm³/mol. The van der Waals surface area contributed by atoms with Gasteiger partial charge in [-0.15, -0.1) is 0 Å². The quantitative estimate of drug-likeness (QED) is 0.806. The van der Waals surface area contributed by atoms with Gasteiger partial charge in [-0.05, 0) is 37.0 Å². The van der Waals surface area contributed by atoms with Gasteiger partial charge < -0.3 is 11.1 Å². The van der Waals surface area contributed by atoms with E-state index in [0.717, 1.165) is 17.9 Å². The third-order valence-electron chi connectivity index (χ3n) is 3.43.